The summed E-state index contributed by atoms with van der Waals surface area (Å²) in [6.45, 7) is 6.99. The van der Waals surface area contributed by atoms with E-state index in [-0.39, 0.29) is 31.2 Å². The number of carbonyl (C=O) groups excluding carboxylic acids is 4. The predicted octanol–water partition coefficient (Wildman–Crippen LogP) is 1.26. The summed E-state index contributed by atoms with van der Waals surface area (Å²) in [6, 6.07) is 9.81. The van der Waals surface area contributed by atoms with Gasteiger partial charge in [0.25, 0.3) is 11.8 Å². The molecule has 4 N–H and O–H groups in total. The summed E-state index contributed by atoms with van der Waals surface area (Å²) in [5, 5.41) is 19.6. The van der Waals surface area contributed by atoms with Crippen molar-refractivity contribution in [3.63, 3.8) is 0 Å². The van der Waals surface area contributed by atoms with Crippen molar-refractivity contribution < 1.29 is 29.0 Å². The number of amides is 4. The number of nitrogens with one attached hydrogen (secondary N) is 3. The second-order valence-corrected chi connectivity index (χ2v) is 11.8. The molecular weight excluding hydrogens is 546 g/mol. The predicted molar refractivity (Wildman–Crippen MR) is 156 cm³/mol. The van der Waals surface area contributed by atoms with Crippen LogP contribution < -0.4 is 20.7 Å². The number of aliphatic hydroxyl groups excluding tert-OH is 1. The van der Waals surface area contributed by atoms with Crippen LogP contribution in [0.15, 0.2) is 54.9 Å². The van der Waals surface area contributed by atoms with E-state index in [0.717, 1.165) is 5.56 Å². The molecule has 4 unspecified atom stereocenters. The van der Waals surface area contributed by atoms with Gasteiger partial charge in [-0.2, -0.15) is 0 Å². The molecule has 0 saturated carbocycles. The van der Waals surface area contributed by atoms with Gasteiger partial charge in [0.2, 0.25) is 11.8 Å². The van der Waals surface area contributed by atoms with Gasteiger partial charge in [-0.25, -0.2) is 0 Å². The summed E-state index contributed by atoms with van der Waals surface area (Å²) in [7, 11) is 0. The van der Waals surface area contributed by atoms with Crippen LogP contribution in [0.5, 0.6) is 5.75 Å². The highest BCUT2D eigenvalue weighted by atomic mass is 32.2. The third-order valence-electron chi connectivity index (χ3n) is 6.29. The van der Waals surface area contributed by atoms with Gasteiger partial charge in [-0.1, -0.05) is 37.3 Å². The lowest BCUT2D eigenvalue weighted by atomic mass is 9.99. The second kappa shape index (κ2) is 14.8. The number of ether oxygens (including phenoxy) is 1. The van der Waals surface area contributed by atoms with Crippen LogP contribution in [0.3, 0.4) is 0 Å². The number of nitrogens with zero attached hydrogens (tertiary/aromatic N) is 2. The van der Waals surface area contributed by atoms with Gasteiger partial charge < -0.3 is 30.7 Å². The van der Waals surface area contributed by atoms with Crippen LogP contribution in [-0.4, -0.2) is 86.6 Å². The average molecular weight is 586 g/mol. The van der Waals surface area contributed by atoms with Gasteiger partial charge in [0, 0.05) is 17.5 Å². The first-order valence-electron chi connectivity index (χ1n) is 13.5. The highest BCUT2D eigenvalue weighted by Crippen LogP contribution is 2.24. The van der Waals surface area contributed by atoms with E-state index in [1.54, 1.807) is 25.3 Å². The Hall–Kier alpha value is -3.64. The number of pyridine rings is 1. The van der Waals surface area contributed by atoms with Crippen LogP contribution in [0.2, 0.25) is 0 Å². The van der Waals surface area contributed by atoms with Gasteiger partial charge in [0.05, 0.1) is 18.1 Å². The average Bonchev–Trinajstić information content (AvgIpc) is 3.44. The number of hydrogen-bond donors (Lipinski definition) is 4. The van der Waals surface area contributed by atoms with Crippen molar-refractivity contribution in [2.75, 3.05) is 18.2 Å². The van der Waals surface area contributed by atoms with Crippen molar-refractivity contribution >= 4 is 35.4 Å². The lowest BCUT2D eigenvalue weighted by Crippen LogP contribution is -2.59. The summed E-state index contributed by atoms with van der Waals surface area (Å²) in [4.78, 5) is 57.5. The van der Waals surface area contributed by atoms with Crippen molar-refractivity contribution in [1.29, 1.82) is 0 Å². The summed E-state index contributed by atoms with van der Waals surface area (Å²) >= 11 is 1.42. The second-order valence-electron chi connectivity index (χ2n) is 10.8. The highest BCUT2D eigenvalue weighted by molar-refractivity contribution is 7.99. The fourth-order valence-corrected chi connectivity index (χ4v) is 5.40. The third-order valence-corrected chi connectivity index (χ3v) is 7.30. The van der Waals surface area contributed by atoms with Gasteiger partial charge in [0.15, 0.2) is 12.7 Å². The first kappa shape index (κ1) is 31.9. The van der Waals surface area contributed by atoms with Crippen molar-refractivity contribution in [1.82, 2.24) is 25.8 Å². The molecule has 41 heavy (non-hydrogen) atoms. The van der Waals surface area contributed by atoms with Crippen molar-refractivity contribution in [2.24, 2.45) is 0 Å². The largest absolute Gasteiger partial charge is 0.482 e. The van der Waals surface area contributed by atoms with E-state index in [4.69, 9.17) is 4.74 Å². The fraction of sp³-hybridized carbons (Fsp3) is 0.483. The van der Waals surface area contributed by atoms with Crippen LogP contribution in [0.4, 0.5) is 0 Å². The molecule has 0 bridgehead atoms. The molecule has 3 rings (SSSR count). The molecule has 0 aliphatic carbocycles. The van der Waals surface area contributed by atoms with E-state index >= 15 is 0 Å². The zero-order chi connectivity index (χ0) is 30.0. The van der Waals surface area contributed by atoms with Gasteiger partial charge in [-0.15, -0.1) is 11.8 Å². The Morgan fingerprint density at radius 3 is 2.49 bits per heavy atom. The van der Waals surface area contributed by atoms with Crippen LogP contribution in [-0.2, 0) is 25.6 Å². The van der Waals surface area contributed by atoms with Crippen LogP contribution >= 0.6 is 11.8 Å². The monoisotopic (exact) mass is 585 g/mol. The molecule has 4 atom stereocenters. The summed E-state index contributed by atoms with van der Waals surface area (Å²) < 4.78 is 5.41. The highest BCUT2D eigenvalue weighted by Gasteiger charge is 2.41. The van der Waals surface area contributed by atoms with E-state index in [2.05, 4.69) is 20.9 Å². The standard InChI is InChI=1S/C29H39N5O6S/c1-5-21(31-24(35)16-40-20-12-9-13-30-15-20)26(37)32-22(14-19-10-7-6-8-11-19)25(36)28(39)34-18-41-17-23(34)27(38)33-29(2,3)4/h6-13,15,21-23,25,36H,5,14,16-18H2,1-4H3,(H,31,35)(H,32,37)(H,33,38). The smallest absolute Gasteiger partial charge is 0.258 e. The van der Waals surface area contributed by atoms with Gasteiger partial charge in [-0.05, 0) is 51.3 Å². The Bertz CT molecular complexity index is 1180. The molecule has 11 nitrogen and oxygen atoms in total. The molecule has 0 spiro atoms. The number of benzene rings is 1. The number of carbonyl (C=O) groups is 4. The lowest BCUT2D eigenvalue weighted by Gasteiger charge is -2.32. The lowest BCUT2D eigenvalue weighted by molar-refractivity contribution is -0.147. The Labute approximate surface area is 244 Å². The van der Waals surface area contributed by atoms with E-state index in [0.29, 0.717) is 11.5 Å². The normalized spacial score (nSPS) is 17.2. The number of aliphatic hydroxyl groups is 1. The molecule has 1 aliphatic heterocycles. The number of thioether (sulfide) groups is 1. The van der Waals surface area contributed by atoms with Crippen molar-refractivity contribution in [3.05, 3.63) is 60.4 Å². The van der Waals surface area contributed by atoms with Crippen molar-refractivity contribution in [3.8, 4) is 5.75 Å². The van der Waals surface area contributed by atoms with E-state index in [1.165, 1.54) is 22.9 Å². The van der Waals surface area contributed by atoms with Crippen LogP contribution in [0.25, 0.3) is 0 Å². The molecule has 1 aromatic heterocycles. The Balaban J connectivity index is 1.70. The molecule has 1 aliphatic rings. The molecule has 222 valence electrons. The van der Waals surface area contributed by atoms with Gasteiger partial charge in [-0.3, -0.25) is 24.2 Å². The van der Waals surface area contributed by atoms with Crippen LogP contribution in [0.1, 0.15) is 39.7 Å². The summed E-state index contributed by atoms with van der Waals surface area (Å²) in [5.41, 5.74) is 0.314. The Morgan fingerprint density at radius 2 is 1.85 bits per heavy atom. The molecular formula is C29H39N5O6S. The zero-order valence-electron chi connectivity index (χ0n) is 23.8. The minimum atomic E-state index is -1.62. The van der Waals surface area contributed by atoms with E-state index < -0.39 is 47.5 Å². The third kappa shape index (κ3) is 9.75. The van der Waals surface area contributed by atoms with E-state index in [1.807, 2.05) is 51.1 Å². The van der Waals surface area contributed by atoms with Crippen LogP contribution in [0, 0.1) is 0 Å². The van der Waals surface area contributed by atoms with Gasteiger partial charge >= 0.3 is 0 Å². The number of aromatic nitrogens is 1. The first-order chi connectivity index (χ1) is 19.5. The SMILES string of the molecule is CCC(NC(=O)COc1cccnc1)C(=O)NC(Cc1ccccc1)C(O)C(=O)N1CSCC1C(=O)NC(C)(C)C. The molecule has 0 radical (unpaired) electrons. The maximum Gasteiger partial charge on any atom is 0.258 e. The minimum Gasteiger partial charge on any atom is -0.482 e. The first-order valence-corrected chi connectivity index (χ1v) is 14.7. The minimum absolute atomic E-state index is 0.161. The number of hydrogen-bond acceptors (Lipinski definition) is 8. The fourth-order valence-electron chi connectivity index (χ4n) is 4.24. The molecule has 2 heterocycles. The van der Waals surface area contributed by atoms with Gasteiger partial charge in [0.1, 0.15) is 17.8 Å². The summed E-state index contributed by atoms with van der Waals surface area (Å²) in [6.07, 6.45) is 1.86. The molecule has 2 aromatic rings. The Kier molecular flexibility index (Phi) is 11.5. The van der Waals surface area contributed by atoms with Crippen molar-refractivity contribution in [2.45, 2.75) is 70.3 Å². The molecule has 1 fully saturated rings. The maximum absolute atomic E-state index is 13.5. The maximum atomic E-state index is 13.5. The molecule has 4 amide bonds. The number of rotatable bonds is 12. The summed E-state index contributed by atoms with van der Waals surface area (Å²) in [5.74, 6) is -0.933. The topological polar surface area (TPSA) is 150 Å². The zero-order valence-corrected chi connectivity index (χ0v) is 24.6. The Morgan fingerprint density at radius 1 is 1.12 bits per heavy atom. The van der Waals surface area contributed by atoms with E-state index in [9.17, 15) is 24.3 Å². The quantitative estimate of drug-likeness (QED) is 0.291. The molecule has 12 heteroatoms. The molecule has 1 saturated heterocycles. The molecule has 1 aromatic carbocycles.